The summed E-state index contributed by atoms with van der Waals surface area (Å²) in [5.41, 5.74) is 8.49. The van der Waals surface area contributed by atoms with Crippen LogP contribution in [0.25, 0.3) is 0 Å². The topological polar surface area (TPSA) is 75.0 Å². The van der Waals surface area contributed by atoms with Gasteiger partial charge < -0.3 is 10.6 Å². The van der Waals surface area contributed by atoms with Crippen LogP contribution in [0.4, 0.5) is 5.69 Å². The van der Waals surface area contributed by atoms with E-state index in [4.69, 9.17) is 5.73 Å². The highest BCUT2D eigenvalue weighted by Gasteiger charge is 2.09. The van der Waals surface area contributed by atoms with Gasteiger partial charge in [-0.15, -0.1) is 0 Å². The fourth-order valence-corrected chi connectivity index (χ4v) is 1.85. The van der Waals surface area contributed by atoms with Crippen molar-refractivity contribution in [1.29, 1.82) is 0 Å². The van der Waals surface area contributed by atoms with Crippen LogP contribution in [0.15, 0.2) is 36.7 Å². The van der Waals surface area contributed by atoms with Gasteiger partial charge in [0.1, 0.15) is 0 Å². The Morgan fingerprint density at radius 2 is 2.05 bits per heavy atom. The van der Waals surface area contributed by atoms with Crippen LogP contribution in [-0.4, -0.2) is 28.1 Å². The molecule has 0 saturated heterocycles. The van der Waals surface area contributed by atoms with Crippen LogP contribution in [0, 0.1) is 0 Å². The predicted octanol–water partition coefficient (Wildman–Crippen LogP) is 1.58. The maximum absolute atomic E-state index is 12.0. The van der Waals surface area contributed by atoms with E-state index in [2.05, 4.69) is 10.2 Å². The lowest BCUT2D eigenvalue weighted by Crippen LogP contribution is -2.26. The summed E-state index contributed by atoms with van der Waals surface area (Å²) in [6.45, 7) is 0.580. The molecule has 5 nitrogen and oxygen atoms in total. The number of aromatic amines is 1. The monoisotopic (exact) mass is 258 g/mol. The molecule has 2 rings (SSSR count). The Balaban J connectivity index is 1.82. The number of nitrogens with zero attached hydrogens (tertiary/aromatic N) is 2. The third-order valence-corrected chi connectivity index (χ3v) is 3.01. The second-order valence-electron chi connectivity index (χ2n) is 4.60. The smallest absolute Gasteiger partial charge is 0.222 e. The summed E-state index contributed by atoms with van der Waals surface area (Å²) < 4.78 is 0. The molecule has 2 aromatic rings. The van der Waals surface area contributed by atoms with E-state index in [9.17, 15) is 4.79 Å². The minimum absolute atomic E-state index is 0.123. The van der Waals surface area contributed by atoms with Gasteiger partial charge in [-0.2, -0.15) is 5.10 Å². The number of nitrogens with two attached hydrogens (primary N) is 1. The first-order valence-corrected chi connectivity index (χ1v) is 6.21. The van der Waals surface area contributed by atoms with Crippen LogP contribution in [0.3, 0.4) is 0 Å². The van der Waals surface area contributed by atoms with Crippen molar-refractivity contribution in [1.82, 2.24) is 15.1 Å². The number of nitrogens with one attached hydrogen (secondary N) is 1. The van der Waals surface area contributed by atoms with Crippen molar-refractivity contribution in [3.05, 3.63) is 47.8 Å². The zero-order valence-corrected chi connectivity index (χ0v) is 11.0. The van der Waals surface area contributed by atoms with Crippen molar-refractivity contribution >= 4 is 11.6 Å². The fourth-order valence-electron chi connectivity index (χ4n) is 1.85. The molecule has 0 aliphatic heterocycles. The first-order chi connectivity index (χ1) is 9.15. The molecule has 100 valence electrons. The predicted molar refractivity (Wildman–Crippen MR) is 74.2 cm³/mol. The highest BCUT2D eigenvalue weighted by Crippen LogP contribution is 2.09. The molecule has 0 unspecified atom stereocenters. The number of carbonyl (C=O) groups excluding carboxylic acids is 1. The van der Waals surface area contributed by atoms with Crippen LogP contribution < -0.4 is 5.73 Å². The number of benzene rings is 1. The quantitative estimate of drug-likeness (QED) is 0.800. The number of aryl methyl sites for hydroxylation is 1. The molecule has 1 aromatic heterocycles. The summed E-state index contributed by atoms with van der Waals surface area (Å²) in [7, 11) is 1.80. The Bertz CT molecular complexity index is 519. The number of hydrogen-bond donors (Lipinski definition) is 2. The molecule has 0 radical (unpaired) electrons. The Morgan fingerprint density at radius 3 is 2.68 bits per heavy atom. The molecule has 3 N–H and O–H groups in total. The third-order valence-electron chi connectivity index (χ3n) is 3.01. The number of amides is 1. The van der Waals surface area contributed by atoms with Crippen LogP contribution in [0.2, 0.25) is 0 Å². The van der Waals surface area contributed by atoms with Crippen LogP contribution >= 0.6 is 0 Å². The fraction of sp³-hybridized carbons (Fsp3) is 0.286. The zero-order chi connectivity index (χ0) is 13.7. The SMILES string of the molecule is CN(Cc1cn[nH]c1)C(=O)CCc1ccc(N)cc1. The van der Waals surface area contributed by atoms with E-state index in [-0.39, 0.29) is 5.91 Å². The normalized spacial score (nSPS) is 10.4. The summed E-state index contributed by atoms with van der Waals surface area (Å²) in [5.74, 6) is 0.123. The Kier molecular flexibility index (Phi) is 4.18. The molecular weight excluding hydrogens is 240 g/mol. The molecule has 5 heteroatoms. The van der Waals surface area contributed by atoms with Gasteiger partial charge in [0.15, 0.2) is 0 Å². The van der Waals surface area contributed by atoms with E-state index in [1.54, 1.807) is 24.3 Å². The number of H-pyrrole nitrogens is 1. The van der Waals surface area contributed by atoms with Gasteiger partial charge in [-0.05, 0) is 24.1 Å². The van der Waals surface area contributed by atoms with Gasteiger partial charge in [0.05, 0.1) is 6.20 Å². The molecule has 0 aliphatic carbocycles. The summed E-state index contributed by atoms with van der Waals surface area (Å²) >= 11 is 0. The lowest BCUT2D eigenvalue weighted by molar-refractivity contribution is -0.130. The van der Waals surface area contributed by atoms with Gasteiger partial charge in [-0.1, -0.05) is 12.1 Å². The van der Waals surface area contributed by atoms with Crippen molar-refractivity contribution in [3.8, 4) is 0 Å². The number of rotatable bonds is 5. The zero-order valence-electron chi connectivity index (χ0n) is 11.0. The summed E-state index contributed by atoms with van der Waals surface area (Å²) in [4.78, 5) is 13.7. The van der Waals surface area contributed by atoms with Gasteiger partial charge in [-0.3, -0.25) is 9.89 Å². The Hall–Kier alpha value is -2.30. The number of aromatic nitrogens is 2. The first-order valence-electron chi connectivity index (χ1n) is 6.21. The molecular formula is C14H18N4O. The van der Waals surface area contributed by atoms with E-state index in [0.29, 0.717) is 13.0 Å². The van der Waals surface area contributed by atoms with Gasteiger partial charge in [0.25, 0.3) is 0 Å². The highest BCUT2D eigenvalue weighted by atomic mass is 16.2. The number of carbonyl (C=O) groups is 1. The van der Waals surface area contributed by atoms with Gasteiger partial charge >= 0.3 is 0 Å². The van der Waals surface area contributed by atoms with Crippen LogP contribution in [0.5, 0.6) is 0 Å². The van der Waals surface area contributed by atoms with Gasteiger partial charge in [0.2, 0.25) is 5.91 Å². The van der Waals surface area contributed by atoms with E-state index in [1.165, 1.54) is 0 Å². The lowest BCUT2D eigenvalue weighted by Gasteiger charge is -2.16. The average Bonchev–Trinajstić information content (AvgIpc) is 2.90. The maximum atomic E-state index is 12.0. The molecule has 19 heavy (non-hydrogen) atoms. The standard InChI is InChI=1S/C14H18N4O/c1-18(10-12-8-16-17-9-12)14(19)7-4-11-2-5-13(15)6-3-11/h2-3,5-6,8-9H,4,7,10,15H2,1H3,(H,16,17). The third kappa shape index (κ3) is 3.84. The second kappa shape index (κ2) is 6.04. The van der Waals surface area contributed by atoms with Gasteiger partial charge in [0, 0.05) is 37.5 Å². The van der Waals surface area contributed by atoms with Crippen molar-refractivity contribution in [3.63, 3.8) is 0 Å². The molecule has 1 heterocycles. The van der Waals surface area contributed by atoms with Crippen molar-refractivity contribution in [2.24, 2.45) is 0 Å². The molecule has 0 atom stereocenters. The lowest BCUT2D eigenvalue weighted by atomic mass is 10.1. The molecule has 0 fully saturated rings. The van der Waals surface area contributed by atoms with Gasteiger partial charge in [-0.25, -0.2) is 0 Å². The number of anilines is 1. The summed E-state index contributed by atoms with van der Waals surface area (Å²) in [5, 5.41) is 6.60. The minimum Gasteiger partial charge on any atom is -0.399 e. The second-order valence-corrected chi connectivity index (χ2v) is 4.60. The summed E-state index contributed by atoms with van der Waals surface area (Å²) in [6, 6.07) is 7.63. The molecule has 0 spiro atoms. The van der Waals surface area contributed by atoms with E-state index < -0.39 is 0 Å². The Labute approximate surface area is 112 Å². The highest BCUT2D eigenvalue weighted by molar-refractivity contribution is 5.76. The molecule has 1 amide bonds. The Morgan fingerprint density at radius 1 is 1.32 bits per heavy atom. The van der Waals surface area contributed by atoms with Crippen LogP contribution in [0.1, 0.15) is 17.5 Å². The molecule has 0 saturated carbocycles. The summed E-state index contributed by atoms with van der Waals surface area (Å²) in [6.07, 6.45) is 4.75. The maximum Gasteiger partial charge on any atom is 0.222 e. The van der Waals surface area contributed by atoms with Crippen molar-refractivity contribution in [2.45, 2.75) is 19.4 Å². The molecule has 0 aliphatic rings. The van der Waals surface area contributed by atoms with E-state index >= 15 is 0 Å². The van der Waals surface area contributed by atoms with Crippen LogP contribution in [-0.2, 0) is 17.8 Å². The van der Waals surface area contributed by atoms with Crippen molar-refractivity contribution < 1.29 is 4.79 Å². The molecule has 1 aromatic carbocycles. The number of nitrogen functional groups attached to an aromatic ring is 1. The largest absolute Gasteiger partial charge is 0.399 e. The molecule has 0 bridgehead atoms. The van der Waals surface area contributed by atoms with E-state index in [1.807, 2.05) is 24.3 Å². The number of hydrogen-bond acceptors (Lipinski definition) is 3. The average molecular weight is 258 g/mol. The van der Waals surface area contributed by atoms with Crippen molar-refractivity contribution in [2.75, 3.05) is 12.8 Å². The van der Waals surface area contributed by atoms with E-state index in [0.717, 1.165) is 23.2 Å². The first kappa shape index (κ1) is 13.1. The minimum atomic E-state index is 0.123.